The molecule has 5 nitrogen and oxygen atoms in total. The Morgan fingerprint density at radius 3 is 2.82 bits per heavy atom. The molecule has 1 heterocycles. The highest BCUT2D eigenvalue weighted by molar-refractivity contribution is 5.30. The predicted molar refractivity (Wildman–Crippen MR) is 70.3 cm³/mol. The van der Waals surface area contributed by atoms with Crippen molar-refractivity contribution in [2.45, 2.75) is 39.2 Å². The van der Waals surface area contributed by atoms with Crippen LogP contribution in [-0.4, -0.2) is 22.6 Å². The normalized spacial score (nSPS) is 10.8. The van der Waals surface area contributed by atoms with Gasteiger partial charge in [0.15, 0.2) is 5.82 Å². The molecule has 0 fully saturated rings. The average molecular weight is 238 g/mol. The first-order chi connectivity index (χ1) is 8.16. The Bertz CT molecular complexity index is 386. The fraction of sp³-hybridized carbons (Fsp3) is 0.667. The molecule has 3 N–H and O–H groups in total. The molecule has 17 heavy (non-hydrogen) atoms. The van der Waals surface area contributed by atoms with Crippen LogP contribution in [0.2, 0.25) is 0 Å². The van der Waals surface area contributed by atoms with Gasteiger partial charge >= 0.3 is 0 Å². The van der Waals surface area contributed by atoms with E-state index in [-0.39, 0.29) is 11.6 Å². The zero-order valence-corrected chi connectivity index (χ0v) is 10.6. The molecule has 1 aromatic rings. The van der Waals surface area contributed by atoms with Crippen molar-refractivity contribution in [3.63, 3.8) is 0 Å². The number of rotatable bonds is 7. The molecule has 0 aliphatic heterocycles. The summed E-state index contributed by atoms with van der Waals surface area (Å²) >= 11 is 0. The lowest BCUT2D eigenvalue weighted by Crippen LogP contribution is -2.25. The van der Waals surface area contributed by atoms with Crippen LogP contribution < -0.4 is 16.6 Å². The Kier molecular flexibility index (Phi) is 5.69. The highest BCUT2D eigenvalue weighted by Gasteiger charge is 2.05. The smallest absolute Gasteiger partial charge is 0.293 e. The number of hydrogen-bond acceptors (Lipinski definition) is 4. The molecule has 0 aliphatic carbocycles. The van der Waals surface area contributed by atoms with Crippen molar-refractivity contribution in [2.24, 2.45) is 5.73 Å². The van der Waals surface area contributed by atoms with Crippen LogP contribution in [0.3, 0.4) is 0 Å². The van der Waals surface area contributed by atoms with Crippen LogP contribution >= 0.6 is 0 Å². The molecule has 0 radical (unpaired) electrons. The molecule has 0 atom stereocenters. The van der Waals surface area contributed by atoms with E-state index < -0.39 is 0 Å². The minimum absolute atomic E-state index is 0.0543. The zero-order valence-electron chi connectivity index (χ0n) is 10.6. The molecule has 0 saturated heterocycles. The van der Waals surface area contributed by atoms with Gasteiger partial charge in [-0.15, -0.1) is 0 Å². The molecule has 0 bridgehead atoms. The SMILES string of the molecule is CC(C)n1ccnc(NCCCCCN)c1=O. The van der Waals surface area contributed by atoms with Gasteiger partial charge in [-0.1, -0.05) is 6.42 Å². The van der Waals surface area contributed by atoms with Gasteiger partial charge in [-0.25, -0.2) is 4.98 Å². The summed E-state index contributed by atoms with van der Waals surface area (Å²) in [5.74, 6) is 0.439. The average Bonchev–Trinajstić information content (AvgIpc) is 2.30. The number of nitrogens with zero attached hydrogens (tertiary/aromatic N) is 2. The minimum Gasteiger partial charge on any atom is -0.365 e. The highest BCUT2D eigenvalue weighted by atomic mass is 16.1. The van der Waals surface area contributed by atoms with Crippen LogP contribution in [0, 0.1) is 0 Å². The van der Waals surface area contributed by atoms with Gasteiger partial charge in [-0.3, -0.25) is 4.79 Å². The maximum absolute atomic E-state index is 11.9. The van der Waals surface area contributed by atoms with Crippen LogP contribution in [0.4, 0.5) is 5.82 Å². The predicted octanol–water partition coefficient (Wildman–Crippen LogP) is 1.37. The van der Waals surface area contributed by atoms with E-state index in [9.17, 15) is 4.79 Å². The maximum atomic E-state index is 11.9. The van der Waals surface area contributed by atoms with Gasteiger partial charge in [-0.2, -0.15) is 0 Å². The van der Waals surface area contributed by atoms with E-state index in [1.807, 2.05) is 13.8 Å². The molecular weight excluding hydrogens is 216 g/mol. The highest BCUT2D eigenvalue weighted by Crippen LogP contribution is 2.02. The molecule has 0 amide bonds. The standard InChI is InChI=1S/C12H22N4O/c1-10(2)16-9-8-15-11(12(16)17)14-7-5-3-4-6-13/h8-10H,3-7,13H2,1-2H3,(H,14,15). The van der Waals surface area contributed by atoms with Crippen LogP contribution in [0.5, 0.6) is 0 Å². The van der Waals surface area contributed by atoms with Crippen molar-refractivity contribution in [1.29, 1.82) is 0 Å². The zero-order chi connectivity index (χ0) is 12.7. The van der Waals surface area contributed by atoms with Gasteiger partial charge in [0.2, 0.25) is 0 Å². The van der Waals surface area contributed by atoms with Gasteiger partial charge in [0, 0.05) is 25.0 Å². The fourth-order valence-electron chi connectivity index (χ4n) is 1.61. The second-order valence-corrected chi connectivity index (χ2v) is 4.36. The van der Waals surface area contributed by atoms with E-state index >= 15 is 0 Å². The van der Waals surface area contributed by atoms with Crippen LogP contribution in [-0.2, 0) is 0 Å². The van der Waals surface area contributed by atoms with Gasteiger partial charge in [0.1, 0.15) is 0 Å². The quantitative estimate of drug-likeness (QED) is 0.704. The summed E-state index contributed by atoms with van der Waals surface area (Å²) in [6, 6.07) is 0.156. The molecule has 0 saturated carbocycles. The Morgan fingerprint density at radius 2 is 2.18 bits per heavy atom. The summed E-state index contributed by atoms with van der Waals surface area (Å²) < 4.78 is 1.68. The summed E-state index contributed by atoms with van der Waals surface area (Å²) in [5.41, 5.74) is 5.36. The summed E-state index contributed by atoms with van der Waals surface area (Å²) in [6.45, 7) is 5.45. The lowest BCUT2D eigenvalue weighted by molar-refractivity contribution is 0.575. The Morgan fingerprint density at radius 1 is 1.41 bits per heavy atom. The van der Waals surface area contributed by atoms with Crippen LogP contribution in [0.25, 0.3) is 0 Å². The molecule has 96 valence electrons. The number of unbranched alkanes of at least 4 members (excludes halogenated alkanes) is 2. The first-order valence-electron chi connectivity index (χ1n) is 6.18. The van der Waals surface area contributed by atoms with Crippen molar-refractivity contribution in [3.8, 4) is 0 Å². The van der Waals surface area contributed by atoms with E-state index in [1.54, 1.807) is 17.0 Å². The molecule has 5 heteroatoms. The van der Waals surface area contributed by atoms with Gasteiger partial charge in [0.05, 0.1) is 0 Å². The topological polar surface area (TPSA) is 72.9 Å². The van der Waals surface area contributed by atoms with Crippen molar-refractivity contribution in [2.75, 3.05) is 18.4 Å². The second kappa shape index (κ2) is 7.06. The number of nitrogens with two attached hydrogens (primary N) is 1. The van der Waals surface area contributed by atoms with E-state index in [0.29, 0.717) is 5.82 Å². The number of hydrogen-bond donors (Lipinski definition) is 2. The second-order valence-electron chi connectivity index (χ2n) is 4.36. The number of nitrogens with one attached hydrogen (secondary N) is 1. The fourth-order valence-corrected chi connectivity index (χ4v) is 1.61. The lowest BCUT2D eigenvalue weighted by Gasteiger charge is -2.11. The third kappa shape index (κ3) is 4.19. The van der Waals surface area contributed by atoms with Crippen molar-refractivity contribution >= 4 is 5.82 Å². The summed E-state index contributed by atoms with van der Waals surface area (Å²) in [6.07, 6.45) is 6.49. The van der Waals surface area contributed by atoms with E-state index in [0.717, 1.165) is 32.4 Å². The molecule has 1 aromatic heterocycles. The first-order valence-corrected chi connectivity index (χ1v) is 6.18. The van der Waals surface area contributed by atoms with Crippen molar-refractivity contribution in [1.82, 2.24) is 9.55 Å². The molecule has 0 aromatic carbocycles. The maximum Gasteiger partial charge on any atom is 0.293 e. The Balaban J connectivity index is 2.54. The largest absolute Gasteiger partial charge is 0.365 e. The van der Waals surface area contributed by atoms with Crippen LogP contribution in [0.15, 0.2) is 17.2 Å². The first kappa shape index (κ1) is 13.7. The monoisotopic (exact) mass is 238 g/mol. The summed E-state index contributed by atoms with van der Waals surface area (Å²) in [5, 5.41) is 3.08. The lowest BCUT2D eigenvalue weighted by atomic mass is 10.2. The molecule has 1 rings (SSSR count). The van der Waals surface area contributed by atoms with E-state index in [1.165, 1.54) is 0 Å². The van der Waals surface area contributed by atoms with E-state index in [4.69, 9.17) is 5.73 Å². The Hall–Kier alpha value is -1.36. The van der Waals surface area contributed by atoms with Crippen LogP contribution in [0.1, 0.15) is 39.2 Å². The summed E-state index contributed by atoms with van der Waals surface area (Å²) in [4.78, 5) is 16.0. The van der Waals surface area contributed by atoms with Crippen molar-refractivity contribution in [3.05, 3.63) is 22.7 Å². The van der Waals surface area contributed by atoms with Crippen molar-refractivity contribution < 1.29 is 0 Å². The third-order valence-electron chi connectivity index (χ3n) is 2.60. The molecule has 0 aliphatic rings. The minimum atomic E-state index is -0.0543. The van der Waals surface area contributed by atoms with Gasteiger partial charge in [0.25, 0.3) is 5.56 Å². The third-order valence-corrected chi connectivity index (χ3v) is 2.60. The molecular formula is C12H22N4O. The molecule has 0 unspecified atom stereocenters. The Labute approximate surface area is 102 Å². The number of anilines is 1. The summed E-state index contributed by atoms with van der Waals surface area (Å²) in [7, 11) is 0. The van der Waals surface area contributed by atoms with Gasteiger partial charge in [-0.05, 0) is 33.2 Å². The molecule has 0 spiro atoms. The van der Waals surface area contributed by atoms with E-state index in [2.05, 4.69) is 10.3 Å². The van der Waals surface area contributed by atoms with Gasteiger partial charge < -0.3 is 15.6 Å². The number of aromatic nitrogens is 2.